The fourth-order valence-electron chi connectivity index (χ4n) is 1.86. The van der Waals surface area contributed by atoms with Gasteiger partial charge in [-0.25, -0.2) is 0 Å². The van der Waals surface area contributed by atoms with Crippen LogP contribution in [0.4, 0.5) is 13.2 Å². The second kappa shape index (κ2) is 5.73. The maximum atomic E-state index is 12.8. The number of alkyl halides is 3. The van der Waals surface area contributed by atoms with Gasteiger partial charge in [-0.05, 0) is 11.6 Å². The van der Waals surface area contributed by atoms with Gasteiger partial charge in [-0.3, -0.25) is 9.59 Å². The van der Waals surface area contributed by atoms with Gasteiger partial charge in [0, 0.05) is 12.3 Å². The highest BCUT2D eigenvalue weighted by atomic mass is 19.4. The summed E-state index contributed by atoms with van der Waals surface area (Å²) in [5.41, 5.74) is 3.78. The first kappa shape index (κ1) is 15.0. The van der Waals surface area contributed by atoms with E-state index >= 15 is 0 Å². The van der Waals surface area contributed by atoms with Crippen molar-refractivity contribution >= 4 is 11.9 Å². The van der Waals surface area contributed by atoms with Gasteiger partial charge in [0.25, 0.3) is 0 Å². The van der Waals surface area contributed by atoms with Crippen LogP contribution in [0.3, 0.4) is 0 Å². The number of carbonyl (C=O) groups is 2. The number of aliphatic carboxylic acids is 1. The molecular weight excluding hydrogens is 263 g/mol. The van der Waals surface area contributed by atoms with Crippen molar-refractivity contribution < 1.29 is 27.9 Å². The third kappa shape index (κ3) is 4.27. The molecule has 1 aromatic rings. The summed E-state index contributed by atoms with van der Waals surface area (Å²) in [6.07, 6.45) is -5.64. The van der Waals surface area contributed by atoms with Gasteiger partial charge < -0.3 is 10.8 Å². The van der Waals surface area contributed by atoms with Crippen LogP contribution < -0.4 is 5.73 Å². The van der Waals surface area contributed by atoms with Crippen LogP contribution in [0.2, 0.25) is 0 Å². The highest BCUT2D eigenvalue weighted by molar-refractivity contribution is 5.76. The van der Waals surface area contributed by atoms with Crippen LogP contribution in [-0.4, -0.2) is 17.0 Å². The van der Waals surface area contributed by atoms with Gasteiger partial charge in [-0.15, -0.1) is 0 Å². The number of hydrogen-bond donors (Lipinski definition) is 2. The molecule has 0 heterocycles. The quantitative estimate of drug-likeness (QED) is 0.863. The second-order valence-electron chi connectivity index (χ2n) is 4.05. The van der Waals surface area contributed by atoms with Crippen LogP contribution in [0.15, 0.2) is 24.3 Å². The van der Waals surface area contributed by atoms with E-state index < -0.39 is 42.4 Å². The molecule has 104 valence electrons. The van der Waals surface area contributed by atoms with Crippen molar-refractivity contribution in [3.8, 4) is 0 Å². The average molecular weight is 275 g/mol. The predicted molar refractivity (Wildman–Crippen MR) is 60.2 cm³/mol. The van der Waals surface area contributed by atoms with Crippen LogP contribution in [-0.2, 0) is 15.8 Å². The van der Waals surface area contributed by atoms with Gasteiger partial charge in [-0.2, -0.15) is 13.2 Å². The third-order valence-electron chi connectivity index (χ3n) is 2.57. The standard InChI is InChI=1S/C12H12F3NO3/c13-12(14,15)9-4-2-1-3-8(9)7(5-10(16)17)6-11(18)19/h1-4,7H,5-6H2,(H2,16,17)(H,18,19). The molecule has 0 spiro atoms. The normalized spacial score (nSPS) is 13.0. The number of halogens is 3. The Bertz CT molecular complexity index is 469. The summed E-state index contributed by atoms with van der Waals surface area (Å²) in [5, 5.41) is 8.72. The Balaban J connectivity index is 3.21. The number of carboxylic acids is 1. The Hall–Kier alpha value is -2.05. The van der Waals surface area contributed by atoms with Gasteiger partial charge in [0.2, 0.25) is 5.91 Å². The van der Waals surface area contributed by atoms with Crippen molar-refractivity contribution in [1.29, 1.82) is 0 Å². The van der Waals surface area contributed by atoms with E-state index in [-0.39, 0.29) is 5.56 Å². The van der Waals surface area contributed by atoms with E-state index in [1.165, 1.54) is 18.2 Å². The molecule has 0 aliphatic rings. The third-order valence-corrected chi connectivity index (χ3v) is 2.57. The molecule has 0 radical (unpaired) electrons. The lowest BCUT2D eigenvalue weighted by atomic mass is 9.88. The largest absolute Gasteiger partial charge is 0.481 e. The highest BCUT2D eigenvalue weighted by Gasteiger charge is 2.35. The predicted octanol–water partition coefficient (Wildman–Crippen LogP) is 2.14. The molecule has 1 unspecified atom stereocenters. The lowest BCUT2D eigenvalue weighted by Crippen LogP contribution is -2.20. The minimum atomic E-state index is -4.61. The molecule has 0 aliphatic carbocycles. The van der Waals surface area contributed by atoms with Crippen LogP contribution in [0.1, 0.15) is 29.9 Å². The summed E-state index contributed by atoms with van der Waals surface area (Å²) in [4.78, 5) is 21.6. The van der Waals surface area contributed by atoms with Crippen molar-refractivity contribution in [3.63, 3.8) is 0 Å². The average Bonchev–Trinajstić information content (AvgIpc) is 2.25. The summed E-state index contributed by atoms with van der Waals surface area (Å²) in [6, 6.07) is 4.58. The molecule has 7 heteroatoms. The van der Waals surface area contributed by atoms with Crippen molar-refractivity contribution in [2.45, 2.75) is 24.9 Å². The van der Waals surface area contributed by atoms with E-state index in [1.54, 1.807) is 0 Å². The Labute approximate surface area is 107 Å². The molecule has 0 bridgehead atoms. The summed E-state index contributed by atoms with van der Waals surface area (Å²) >= 11 is 0. The van der Waals surface area contributed by atoms with Gasteiger partial charge in [-0.1, -0.05) is 18.2 Å². The van der Waals surface area contributed by atoms with E-state index in [0.29, 0.717) is 0 Å². The van der Waals surface area contributed by atoms with E-state index in [2.05, 4.69) is 0 Å². The first-order chi connectivity index (χ1) is 8.71. The van der Waals surface area contributed by atoms with Gasteiger partial charge in [0.15, 0.2) is 0 Å². The van der Waals surface area contributed by atoms with E-state index in [1.807, 2.05) is 0 Å². The summed E-state index contributed by atoms with van der Waals surface area (Å²) in [6.45, 7) is 0. The van der Waals surface area contributed by atoms with E-state index in [4.69, 9.17) is 10.8 Å². The molecule has 0 saturated heterocycles. The Morgan fingerprint density at radius 3 is 2.26 bits per heavy atom. The first-order valence-electron chi connectivity index (χ1n) is 5.38. The van der Waals surface area contributed by atoms with Crippen LogP contribution in [0.25, 0.3) is 0 Å². The number of carbonyl (C=O) groups excluding carboxylic acids is 1. The SMILES string of the molecule is NC(=O)CC(CC(=O)O)c1ccccc1C(F)(F)F. The molecule has 1 atom stereocenters. The lowest BCUT2D eigenvalue weighted by Gasteiger charge is -2.19. The molecule has 3 N–H and O–H groups in total. The van der Waals surface area contributed by atoms with Crippen molar-refractivity contribution in [3.05, 3.63) is 35.4 Å². The Morgan fingerprint density at radius 1 is 1.21 bits per heavy atom. The molecule has 1 aromatic carbocycles. The zero-order chi connectivity index (χ0) is 14.6. The number of rotatable bonds is 5. The molecule has 1 amide bonds. The molecule has 4 nitrogen and oxygen atoms in total. The molecule has 19 heavy (non-hydrogen) atoms. The fraction of sp³-hybridized carbons (Fsp3) is 0.333. The van der Waals surface area contributed by atoms with Crippen LogP contribution in [0, 0.1) is 0 Å². The number of hydrogen-bond acceptors (Lipinski definition) is 2. The molecular formula is C12H12F3NO3. The molecule has 1 rings (SSSR count). The molecule has 0 saturated carbocycles. The minimum Gasteiger partial charge on any atom is -0.481 e. The topological polar surface area (TPSA) is 80.4 Å². The number of amides is 1. The van der Waals surface area contributed by atoms with E-state index in [0.717, 1.165) is 6.07 Å². The van der Waals surface area contributed by atoms with Crippen molar-refractivity contribution in [2.75, 3.05) is 0 Å². The minimum absolute atomic E-state index is 0.226. The lowest BCUT2D eigenvalue weighted by molar-refractivity contribution is -0.141. The second-order valence-corrected chi connectivity index (χ2v) is 4.05. The Morgan fingerprint density at radius 2 is 1.79 bits per heavy atom. The van der Waals surface area contributed by atoms with Crippen LogP contribution >= 0.6 is 0 Å². The summed E-state index contributed by atoms with van der Waals surface area (Å²) in [7, 11) is 0. The van der Waals surface area contributed by atoms with E-state index in [9.17, 15) is 22.8 Å². The summed E-state index contributed by atoms with van der Waals surface area (Å²) < 4.78 is 38.5. The number of primary amides is 1. The van der Waals surface area contributed by atoms with Crippen molar-refractivity contribution in [1.82, 2.24) is 0 Å². The zero-order valence-electron chi connectivity index (χ0n) is 9.78. The van der Waals surface area contributed by atoms with Gasteiger partial charge >= 0.3 is 12.1 Å². The zero-order valence-corrected chi connectivity index (χ0v) is 9.78. The van der Waals surface area contributed by atoms with Crippen LogP contribution in [0.5, 0.6) is 0 Å². The monoisotopic (exact) mass is 275 g/mol. The maximum Gasteiger partial charge on any atom is 0.416 e. The summed E-state index contributed by atoms with van der Waals surface area (Å²) in [5.74, 6) is -3.22. The number of nitrogens with two attached hydrogens (primary N) is 1. The first-order valence-corrected chi connectivity index (χ1v) is 5.38. The smallest absolute Gasteiger partial charge is 0.416 e. The molecule has 0 aromatic heterocycles. The van der Waals surface area contributed by atoms with Gasteiger partial charge in [0.1, 0.15) is 0 Å². The molecule has 0 fully saturated rings. The number of benzene rings is 1. The van der Waals surface area contributed by atoms with Crippen molar-refractivity contribution in [2.24, 2.45) is 5.73 Å². The molecule has 0 aliphatic heterocycles. The number of carboxylic acid groups (broad SMARTS) is 1. The fourth-order valence-corrected chi connectivity index (χ4v) is 1.86. The maximum absolute atomic E-state index is 12.8. The van der Waals surface area contributed by atoms with Gasteiger partial charge in [0.05, 0.1) is 12.0 Å². The highest BCUT2D eigenvalue weighted by Crippen LogP contribution is 2.37. The Kier molecular flexibility index (Phi) is 4.52.